The van der Waals surface area contributed by atoms with Gasteiger partial charge in [-0.1, -0.05) is 12.2 Å². The van der Waals surface area contributed by atoms with Crippen molar-refractivity contribution in [1.82, 2.24) is 4.90 Å². The van der Waals surface area contributed by atoms with Gasteiger partial charge in [-0.3, -0.25) is 4.18 Å². The van der Waals surface area contributed by atoms with E-state index >= 15 is 0 Å². The summed E-state index contributed by atoms with van der Waals surface area (Å²) in [6.07, 6.45) is 3.63. The van der Waals surface area contributed by atoms with Crippen molar-refractivity contribution in [2.75, 3.05) is 13.1 Å². The number of alkyl halides is 3. The van der Waals surface area contributed by atoms with Crippen LogP contribution in [0.5, 0.6) is 0 Å². The molecule has 1 spiro atoms. The molecule has 10 heteroatoms. The number of halogens is 3. The summed E-state index contributed by atoms with van der Waals surface area (Å²) >= 11 is 0. The van der Waals surface area contributed by atoms with Crippen LogP contribution >= 0.6 is 0 Å². The summed E-state index contributed by atoms with van der Waals surface area (Å²) < 4.78 is 71.3. The van der Waals surface area contributed by atoms with Gasteiger partial charge in [0.1, 0.15) is 11.7 Å². The lowest BCUT2D eigenvalue weighted by molar-refractivity contribution is -0.0787. The molecule has 0 aromatic rings. The first kappa shape index (κ1) is 21.0. The first-order valence-electron chi connectivity index (χ1n) is 8.38. The van der Waals surface area contributed by atoms with Crippen LogP contribution in [0.25, 0.3) is 0 Å². The van der Waals surface area contributed by atoms with Crippen molar-refractivity contribution in [2.45, 2.75) is 63.7 Å². The van der Waals surface area contributed by atoms with Crippen molar-refractivity contribution in [1.29, 1.82) is 0 Å². The molecule has 1 heterocycles. The van der Waals surface area contributed by atoms with Crippen LogP contribution in [0, 0.1) is 5.41 Å². The van der Waals surface area contributed by atoms with E-state index in [1.165, 1.54) is 4.90 Å². The molecule has 1 fully saturated rings. The maximum atomic E-state index is 12.8. The van der Waals surface area contributed by atoms with Crippen molar-refractivity contribution >= 4 is 16.2 Å². The first-order chi connectivity index (χ1) is 11.8. The van der Waals surface area contributed by atoms with Gasteiger partial charge >= 0.3 is 21.7 Å². The maximum Gasteiger partial charge on any atom is 0.523 e. The molecule has 1 aliphatic carbocycles. The summed E-state index contributed by atoms with van der Waals surface area (Å²) in [5.41, 5.74) is -7.02. The van der Waals surface area contributed by atoms with Crippen LogP contribution in [0.3, 0.4) is 0 Å². The molecule has 0 radical (unpaired) electrons. The number of allylic oxidation sites excluding steroid dienone is 2. The Bertz CT molecular complexity index is 668. The number of carbonyl (C=O) groups is 1. The SMILES string of the molecule is CC(C)(C)OC(=O)N1CCC2(CC=CCC2)C(OS(=O)(=O)C(F)(F)F)C1. The van der Waals surface area contributed by atoms with E-state index in [1.54, 1.807) is 20.8 Å². The number of amides is 1. The second kappa shape index (κ2) is 7.03. The smallest absolute Gasteiger partial charge is 0.444 e. The molecule has 0 bridgehead atoms. The lowest BCUT2D eigenvalue weighted by atomic mass is 9.68. The number of hydrogen-bond donors (Lipinski definition) is 0. The van der Waals surface area contributed by atoms with Gasteiger partial charge in [0.2, 0.25) is 0 Å². The Morgan fingerprint density at radius 2 is 1.85 bits per heavy atom. The molecule has 0 N–H and O–H groups in total. The van der Waals surface area contributed by atoms with E-state index in [4.69, 9.17) is 4.74 Å². The number of likely N-dealkylation sites (tertiary alicyclic amines) is 1. The summed E-state index contributed by atoms with van der Waals surface area (Å²) in [5.74, 6) is 0. The first-order valence-corrected chi connectivity index (χ1v) is 9.79. The number of hydrogen-bond acceptors (Lipinski definition) is 5. The third-order valence-corrected chi connectivity index (χ3v) is 5.68. The minimum Gasteiger partial charge on any atom is -0.444 e. The normalized spacial score (nSPS) is 27.6. The van der Waals surface area contributed by atoms with E-state index in [0.29, 0.717) is 25.7 Å². The second-order valence-electron chi connectivity index (χ2n) is 7.74. The summed E-state index contributed by atoms with van der Waals surface area (Å²) in [6.45, 7) is 5.02. The quantitative estimate of drug-likeness (QED) is 0.403. The molecule has 26 heavy (non-hydrogen) atoms. The Hall–Kier alpha value is -1.29. The van der Waals surface area contributed by atoms with E-state index in [-0.39, 0.29) is 13.1 Å². The van der Waals surface area contributed by atoms with Crippen LogP contribution in [-0.4, -0.2) is 49.7 Å². The van der Waals surface area contributed by atoms with Gasteiger partial charge in [-0.2, -0.15) is 21.6 Å². The van der Waals surface area contributed by atoms with Crippen molar-refractivity contribution < 1.29 is 35.3 Å². The Morgan fingerprint density at radius 1 is 1.19 bits per heavy atom. The van der Waals surface area contributed by atoms with Crippen LogP contribution in [-0.2, 0) is 19.0 Å². The molecule has 2 aliphatic rings. The average molecular weight is 399 g/mol. The Balaban J connectivity index is 2.24. The second-order valence-corrected chi connectivity index (χ2v) is 9.30. The van der Waals surface area contributed by atoms with Crippen LogP contribution in [0.15, 0.2) is 12.2 Å². The van der Waals surface area contributed by atoms with Crippen molar-refractivity contribution in [3.63, 3.8) is 0 Å². The zero-order chi connectivity index (χ0) is 19.8. The molecule has 150 valence electrons. The fourth-order valence-electron chi connectivity index (χ4n) is 3.26. The molecule has 1 saturated heterocycles. The molecular formula is C16H24F3NO5S. The van der Waals surface area contributed by atoms with E-state index in [0.717, 1.165) is 0 Å². The van der Waals surface area contributed by atoms with Gasteiger partial charge in [0.25, 0.3) is 0 Å². The van der Waals surface area contributed by atoms with Crippen LogP contribution < -0.4 is 0 Å². The molecule has 0 aromatic carbocycles. The molecule has 6 nitrogen and oxygen atoms in total. The lowest BCUT2D eigenvalue weighted by Gasteiger charge is -2.47. The molecule has 1 aliphatic heterocycles. The monoisotopic (exact) mass is 399 g/mol. The maximum absolute atomic E-state index is 12.8. The fourth-order valence-corrected chi connectivity index (χ4v) is 3.94. The number of rotatable bonds is 2. The zero-order valence-corrected chi connectivity index (χ0v) is 15.8. The number of carbonyl (C=O) groups excluding carboxylic acids is 1. The number of piperidine rings is 1. The Morgan fingerprint density at radius 3 is 2.35 bits per heavy atom. The Kier molecular flexibility index (Phi) is 5.68. The highest BCUT2D eigenvalue weighted by Crippen LogP contribution is 2.45. The van der Waals surface area contributed by atoms with E-state index in [1.807, 2.05) is 12.2 Å². The van der Waals surface area contributed by atoms with Crippen molar-refractivity contribution in [3.8, 4) is 0 Å². The highest BCUT2D eigenvalue weighted by Gasteiger charge is 2.53. The summed E-state index contributed by atoms with van der Waals surface area (Å²) in [7, 11) is -5.76. The number of ether oxygens (including phenoxy) is 1. The zero-order valence-electron chi connectivity index (χ0n) is 15.0. The fraction of sp³-hybridized carbons (Fsp3) is 0.812. The largest absolute Gasteiger partial charge is 0.523 e. The lowest BCUT2D eigenvalue weighted by Crippen LogP contribution is -2.55. The predicted octanol–water partition coefficient (Wildman–Crippen LogP) is 3.59. The molecule has 0 aromatic heterocycles. The van der Waals surface area contributed by atoms with Crippen molar-refractivity contribution in [2.24, 2.45) is 5.41 Å². The van der Waals surface area contributed by atoms with E-state index < -0.39 is 38.8 Å². The highest BCUT2D eigenvalue weighted by molar-refractivity contribution is 7.87. The third kappa shape index (κ3) is 4.70. The van der Waals surface area contributed by atoms with Gasteiger partial charge in [0.05, 0.1) is 6.54 Å². The van der Waals surface area contributed by atoms with Crippen molar-refractivity contribution in [3.05, 3.63) is 12.2 Å². The summed E-state index contributed by atoms with van der Waals surface area (Å²) in [6, 6.07) is 0. The highest BCUT2D eigenvalue weighted by atomic mass is 32.2. The van der Waals surface area contributed by atoms with Gasteiger partial charge in [0.15, 0.2) is 0 Å². The van der Waals surface area contributed by atoms with Gasteiger partial charge in [0, 0.05) is 12.0 Å². The van der Waals surface area contributed by atoms with Crippen LogP contribution in [0.4, 0.5) is 18.0 Å². The molecule has 2 unspecified atom stereocenters. The molecule has 1 amide bonds. The topological polar surface area (TPSA) is 72.9 Å². The van der Waals surface area contributed by atoms with Crippen LogP contribution in [0.2, 0.25) is 0 Å². The van der Waals surface area contributed by atoms with Gasteiger partial charge in [-0.25, -0.2) is 4.79 Å². The van der Waals surface area contributed by atoms with Gasteiger partial charge < -0.3 is 9.64 Å². The number of nitrogens with zero attached hydrogens (tertiary/aromatic N) is 1. The summed E-state index contributed by atoms with van der Waals surface area (Å²) in [4.78, 5) is 13.5. The van der Waals surface area contributed by atoms with Gasteiger partial charge in [-0.05, 0) is 46.5 Å². The van der Waals surface area contributed by atoms with Crippen LogP contribution in [0.1, 0.15) is 46.5 Å². The standard InChI is InChI=1S/C16H24F3NO5S/c1-14(2,3)24-13(21)20-10-9-15(7-5-4-6-8-15)12(11-20)25-26(22,23)16(17,18)19/h4-5,12H,6-11H2,1-3H3. The minimum atomic E-state index is -5.76. The Labute approximate surface area is 151 Å². The van der Waals surface area contributed by atoms with E-state index in [2.05, 4.69) is 4.18 Å². The van der Waals surface area contributed by atoms with E-state index in [9.17, 15) is 26.4 Å². The van der Waals surface area contributed by atoms with Gasteiger partial charge in [-0.15, -0.1) is 0 Å². The average Bonchev–Trinajstić information content (AvgIpc) is 2.47. The molecule has 2 atom stereocenters. The molecule has 0 saturated carbocycles. The summed E-state index contributed by atoms with van der Waals surface area (Å²) in [5, 5.41) is 0. The predicted molar refractivity (Wildman–Crippen MR) is 87.7 cm³/mol. The third-order valence-electron chi connectivity index (χ3n) is 4.63. The molecular weight excluding hydrogens is 375 g/mol. The minimum absolute atomic E-state index is 0.266. The molecule has 2 rings (SSSR count).